The van der Waals surface area contributed by atoms with Crippen LogP contribution in [0.4, 0.5) is 5.00 Å². The second kappa shape index (κ2) is 5.16. The number of thiophene rings is 1. The van der Waals surface area contributed by atoms with Gasteiger partial charge in [0.05, 0.1) is 4.90 Å². The second-order valence-electron chi connectivity index (χ2n) is 4.81. The summed E-state index contributed by atoms with van der Waals surface area (Å²) in [5.41, 5.74) is 1.05. The molecule has 1 aromatic heterocycles. The van der Waals surface area contributed by atoms with Crippen molar-refractivity contribution in [1.29, 1.82) is 5.41 Å². The van der Waals surface area contributed by atoms with Gasteiger partial charge in [0, 0.05) is 10.4 Å². The van der Waals surface area contributed by atoms with E-state index in [4.69, 9.17) is 5.41 Å². The standard InChI is InChI=1S/C14H14N2O3S2/c15-13(17)12-10-7-4-8-11(10)20-14(12)16-21(18,19)9-5-2-1-3-6-9/h1-3,5-6,16H,4,7-8H2,(H2,15,17)/p-1. The van der Waals surface area contributed by atoms with Gasteiger partial charge in [0.15, 0.2) is 0 Å². The summed E-state index contributed by atoms with van der Waals surface area (Å²) >= 11 is 1.27. The van der Waals surface area contributed by atoms with Crippen molar-refractivity contribution in [2.45, 2.75) is 24.2 Å². The molecular weight excluding hydrogens is 308 g/mol. The van der Waals surface area contributed by atoms with Crippen molar-refractivity contribution in [3.05, 3.63) is 46.3 Å². The van der Waals surface area contributed by atoms with Gasteiger partial charge in [-0.1, -0.05) is 18.2 Å². The zero-order valence-electron chi connectivity index (χ0n) is 11.0. The van der Waals surface area contributed by atoms with Crippen LogP contribution >= 0.6 is 11.3 Å². The first-order valence-electron chi connectivity index (χ1n) is 6.47. The highest BCUT2D eigenvalue weighted by atomic mass is 32.2. The largest absolute Gasteiger partial charge is 0.859 e. The van der Waals surface area contributed by atoms with E-state index in [0.29, 0.717) is 0 Å². The molecule has 3 rings (SSSR count). The fraction of sp³-hybridized carbons (Fsp3) is 0.214. The lowest BCUT2D eigenvalue weighted by Gasteiger charge is -2.13. The van der Waals surface area contributed by atoms with Crippen LogP contribution in [-0.2, 0) is 22.9 Å². The van der Waals surface area contributed by atoms with Crippen molar-refractivity contribution >= 4 is 32.3 Å². The van der Waals surface area contributed by atoms with Gasteiger partial charge in [-0.2, -0.15) is 0 Å². The highest BCUT2D eigenvalue weighted by Crippen LogP contribution is 2.39. The lowest BCUT2D eigenvalue weighted by atomic mass is 10.1. The van der Waals surface area contributed by atoms with Gasteiger partial charge in [-0.25, -0.2) is 8.42 Å². The zero-order chi connectivity index (χ0) is 15.0. The lowest BCUT2D eigenvalue weighted by Crippen LogP contribution is -2.21. The molecule has 0 amide bonds. The van der Waals surface area contributed by atoms with Crippen molar-refractivity contribution in [1.82, 2.24) is 0 Å². The smallest absolute Gasteiger partial charge is 0.262 e. The molecule has 7 heteroatoms. The number of sulfonamides is 1. The molecule has 0 unspecified atom stereocenters. The Labute approximate surface area is 126 Å². The van der Waals surface area contributed by atoms with Gasteiger partial charge >= 0.3 is 0 Å². The zero-order valence-corrected chi connectivity index (χ0v) is 12.7. The molecule has 2 N–H and O–H groups in total. The average Bonchev–Trinajstić information content (AvgIpc) is 2.99. The molecule has 1 aliphatic rings. The van der Waals surface area contributed by atoms with E-state index in [1.165, 1.54) is 23.5 Å². The summed E-state index contributed by atoms with van der Waals surface area (Å²) in [7, 11) is -3.73. The number of nitrogens with one attached hydrogen (secondary N) is 2. The Balaban J connectivity index is 2.01. The molecule has 2 aromatic rings. The first-order valence-corrected chi connectivity index (χ1v) is 8.77. The number of anilines is 1. The Bertz CT molecular complexity index is 795. The van der Waals surface area contributed by atoms with E-state index in [2.05, 4.69) is 4.72 Å². The first-order chi connectivity index (χ1) is 9.99. The molecule has 0 aliphatic heterocycles. The molecule has 0 saturated heterocycles. The minimum Gasteiger partial charge on any atom is -0.859 e. The Morgan fingerprint density at radius 1 is 1.24 bits per heavy atom. The summed E-state index contributed by atoms with van der Waals surface area (Å²) in [6.45, 7) is 0. The maximum atomic E-state index is 12.3. The molecule has 0 fully saturated rings. The van der Waals surface area contributed by atoms with Crippen LogP contribution < -0.4 is 9.83 Å². The number of benzene rings is 1. The minimum absolute atomic E-state index is 0.141. The van der Waals surface area contributed by atoms with Crippen LogP contribution in [0, 0.1) is 5.41 Å². The quantitative estimate of drug-likeness (QED) is 0.663. The van der Waals surface area contributed by atoms with Crippen LogP contribution in [0.5, 0.6) is 0 Å². The van der Waals surface area contributed by atoms with E-state index < -0.39 is 15.9 Å². The van der Waals surface area contributed by atoms with E-state index in [0.717, 1.165) is 29.7 Å². The van der Waals surface area contributed by atoms with Crippen LogP contribution in [-0.4, -0.2) is 14.3 Å². The highest BCUT2D eigenvalue weighted by molar-refractivity contribution is 7.93. The van der Waals surface area contributed by atoms with Crippen molar-refractivity contribution in [3.63, 3.8) is 0 Å². The molecule has 0 atom stereocenters. The summed E-state index contributed by atoms with van der Waals surface area (Å²) < 4.78 is 27.1. The van der Waals surface area contributed by atoms with Crippen molar-refractivity contribution < 1.29 is 13.5 Å². The van der Waals surface area contributed by atoms with Gasteiger partial charge in [-0.05, 0) is 42.9 Å². The molecule has 0 radical (unpaired) electrons. The lowest BCUT2D eigenvalue weighted by molar-refractivity contribution is -0.214. The van der Waals surface area contributed by atoms with E-state index in [9.17, 15) is 13.5 Å². The average molecular weight is 321 g/mol. The Kier molecular flexibility index (Phi) is 3.46. The second-order valence-corrected chi connectivity index (χ2v) is 7.60. The first kappa shape index (κ1) is 14.1. The number of rotatable bonds is 4. The summed E-state index contributed by atoms with van der Waals surface area (Å²) in [5.74, 6) is -0.833. The normalized spacial score (nSPS) is 13.9. The molecule has 110 valence electrons. The predicted molar refractivity (Wildman–Crippen MR) is 80.4 cm³/mol. The molecular formula is C14H13N2O3S2-. The molecule has 1 aromatic carbocycles. The number of hydrogen-bond donors (Lipinski definition) is 2. The Morgan fingerprint density at radius 3 is 2.62 bits per heavy atom. The molecule has 0 bridgehead atoms. The molecule has 0 saturated carbocycles. The highest BCUT2D eigenvalue weighted by Gasteiger charge is 2.25. The SMILES string of the molecule is N=C([O-])c1c(NS(=O)(=O)c2ccccc2)sc2c1CCC2. The summed E-state index contributed by atoms with van der Waals surface area (Å²) in [6, 6.07) is 7.99. The van der Waals surface area contributed by atoms with E-state index >= 15 is 0 Å². The van der Waals surface area contributed by atoms with Crippen molar-refractivity contribution in [2.75, 3.05) is 4.72 Å². The van der Waals surface area contributed by atoms with Crippen LogP contribution in [0.15, 0.2) is 35.2 Å². The van der Waals surface area contributed by atoms with Crippen molar-refractivity contribution in [2.24, 2.45) is 0 Å². The van der Waals surface area contributed by atoms with Gasteiger partial charge in [0.1, 0.15) is 5.00 Å². The number of hydrogen-bond acceptors (Lipinski definition) is 5. The summed E-state index contributed by atoms with van der Waals surface area (Å²) in [5, 5.41) is 19.2. The van der Waals surface area contributed by atoms with Crippen LogP contribution in [0.1, 0.15) is 22.4 Å². The van der Waals surface area contributed by atoms with Crippen LogP contribution in [0.3, 0.4) is 0 Å². The molecule has 5 nitrogen and oxygen atoms in total. The van der Waals surface area contributed by atoms with Crippen molar-refractivity contribution in [3.8, 4) is 0 Å². The number of aryl methyl sites for hydroxylation is 1. The predicted octanol–water partition coefficient (Wildman–Crippen LogP) is 1.72. The third-order valence-electron chi connectivity index (χ3n) is 3.43. The maximum Gasteiger partial charge on any atom is 0.262 e. The fourth-order valence-electron chi connectivity index (χ4n) is 2.50. The van der Waals surface area contributed by atoms with E-state index in [1.807, 2.05) is 0 Å². The van der Waals surface area contributed by atoms with Crippen LogP contribution in [0.2, 0.25) is 0 Å². The van der Waals surface area contributed by atoms with Gasteiger partial charge in [-0.15, -0.1) is 11.3 Å². The Morgan fingerprint density at radius 2 is 1.95 bits per heavy atom. The fourth-order valence-corrected chi connectivity index (χ4v) is 5.11. The third kappa shape index (κ3) is 2.54. The molecule has 0 spiro atoms. The summed E-state index contributed by atoms with van der Waals surface area (Å²) in [6.07, 6.45) is 2.53. The van der Waals surface area contributed by atoms with Gasteiger partial charge in [0.25, 0.3) is 10.0 Å². The molecule has 1 heterocycles. The Hall–Kier alpha value is -1.86. The number of fused-ring (bicyclic) bond motifs is 1. The summed E-state index contributed by atoms with van der Waals surface area (Å²) in [4.78, 5) is 1.15. The monoisotopic (exact) mass is 321 g/mol. The van der Waals surface area contributed by atoms with E-state index in [-0.39, 0.29) is 15.5 Å². The van der Waals surface area contributed by atoms with Gasteiger partial charge in [-0.3, -0.25) is 4.72 Å². The molecule has 1 aliphatic carbocycles. The van der Waals surface area contributed by atoms with Gasteiger partial charge in [0.2, 0.25) is 0 Å². The maximum absolute atomic E-state index is 12.3. The van der Waals surface area contributed by atoms with E-state index in [1.54, 1.807) is 18.2 Å². The van der Waals surface area contributed by atoms with Crippen LogP contribution in [0.25, 0.3) is 0 Å². The topological polar surface area (TPSA) is 93.1 Å². The third-order valence-corrected chi connectivity index (χ3v) is 6.13. The van der Waals surface area contributed by atoms with Gasteiger partial charge < -0.3 is 10.5 Å². The minimum atomic E-state index is -3.73. The molecule has 21 heavy (non-hydrogen) atoms.